The van der Waals surface area contributed by atoms with Crippen LogP contribution in [-0.4, -0.2) is 6.04 Å². The summed E-state index contributed by atoms with van der Waals surface area (Å²) in [5, 5.41) is 3.76. The summed E-state index contributed by atoms with van der Waals surface area (Å²) < 4.78 is 14.1. The molecule has 1 nitrogen and oxygen atoms in total. The van der Waals surface area contributed by atoms with Gasteiger partial charge in [0.15, 0.2) is 0 Å². The fraction of sp³-hybridized carbons (Fsp3) is 0.647. The average Bonchev–Trinajstić information content (AvgIpc) is 2.38. The topological polar surface area (TPSA) is 12.0 Å². The van der Waals surface area contributed by atoms with Crippen molar-refractivity contribution in [3.63, 3.8) is 0 Å². The molecular weight excluding hydrogens is 317 g/mol. The zero-order valence-electron chi connectivity index (χ0n) is 11.8. The van der Waals surface area contributed by atoms with Crippen LogP contribution in [0.3, 0.4) is 0 Å². The highest BCUT2D eigenvalue weighted by Crippen LogP contribution is 2.54. The van der Waals surface area contributed by atoms with E-state index < -0.39 is 0 Å². The summed E-state index contributed by atoms with van der Waals surface area (Å²) in [4.78, 5) is 0. The van der Waals surface area contributed by atoms with Crippen LogP contribution in [0.4, 0.5) is 10.1 Å². The summed E-state index contributed by atoms with van der Waals surface area (Å²) in [5.41, 5.74) is 2.12. The maximum Gasteiger partial charge on any atom is 0.137 e. The second kappa shape index (κ2) is 4.72. The molecule has 0 atom stereocenters. The summed E-state index contributed by atoms with van der Waals surface area (Å²) in [6.07, 6.45) is 7.12. The quantitative estimate of drug-likeness (QED) is 0.788. The van der Waals surface area contributed by atoms with Gasteiger partial charge in [0.25, 0.3) is 0 Å². The lowest BCUT2D eigenvalue weighted by Crippen LogP contribution is -2.51. The summed E-state index contributed by atoms with van der Waals surface area (Å²) >= 11 is 3.31. The molecule has 108 valence electrons. The first-order chi connectivity index (χ1) is 9.60. The third-order valence-electron chi connectivity index (χ3n) is 5.82. The molecule has 0 amide bonds. The summed E-state index contributed by atoms with van der Waals surface area (Å²) in [6.45, 7) is 1.99. The van der Waals surface area contributed by atoms with Gasteiger partial charge in [-0.2, -0.15) is 0 Å². The van der Waals surface area contributed by atoms with Crippen molar-refractivity contribution in [2.45, 2.75) is 45.1 Å². The predicted molar refractivity (Wildman–Crippen MR) is 83.3 cm³/mol. The fourth-order valence-electron chi connectivity index (χ4n) is 5.14. The zero-order valence-corrected chi connectivity index (χ0v) is 13.4. The molecule has 3 heteroatoms. The average molecular weight is 338 g/mol. The van der Waals surface area contributed by atoms with E-state index in [1.165, 1.54) is 32.1 Å². The van der Waals surface area contributed by atoms with Crippen LogP contribution >= 0.6 is 15.9 Å². The maximum atomic E-state index is 13.6. The van der Waals surface area contributed by atoms with Gasteiger partial charge in [0.05, 0.1) is 4.47 Å². The van der Waals surface area contributed by atoms with Gasteiger partial charge in [-0.15, -0.1) is 0 Å². The standard InChI is InChI=1S/C17H21BrFN/c1-9-2-15(19)14(18)8-16(9)20-17-12-4-10-3-11(6-12)7-13(17)5-10/h2,8,10-13,17,20H,3-7H2,1H3. The molecule has 0 saturated heterocycles. The minimum absolute atomic E-state index is 0.168. The minimum atomic E-state index is -0.168. The van der Waals surface area contributed by atoms with Gasteiger partial charge >= 0.3 is 0 Å². The van der Waals surface area contributed by atoms with Gasteiger partial charge in [-0.25, -0.2) is 4.39 Å². The summed E-state index contributed by atoms with van der Waals surface area (Å²) in [7, 11) is 0. The Morgan fingerprint density at radius 3 is 2.25 bits per heavy atom. The van der Waals surface area contributed by atoms with Crippen LogP contribution in [0.5, 0.6) is 0 Å². The normalized spacial score (nSPS) is 38.2. The molecule has 1 aromatic rings. The van der Waals surface area contributed by atoms with E-state index in [0.29, 0.717) is 10.5 Å². The molecule has 4 saturated carbocycles. The largest absolute Gasteiger partial charge is 0.382 e. The number of benzene rings is 1. The van der Waals surface area contributed by atoms with E-state index in [1.807, 2.05) is 13.0 Å². The Kier molecular flexibility index (Phi) is 3.10. The van der Waals surface area contributed by atoms with Crippen LogP contribution in [0.1, 0.15) is 37.7 Å². The molecule has 4 bridgehead atoms. The van der Waals surface area contributed by atoms with Crippen molar-refractivity contribution in [2.75, 3.05) is 5.32 Å². The molecule has 0 spiro atoms. The smallest absolute Gasteiger partial charge is 0.137 e. The Bertz CT molecular complexity index is 514. The molecule has 0 radical (unpaired) electrons. The molecule has 4 fully saturated rings. The summed E-state index contributed by atoms with van der Waals surface area (Å²) in [5.74, 6) is 3.51. The molecule has 4 aliphatic rings. The second-order valence-electron chi connectivity index (χ2n) is 7.18. The van der Waals surface area contributed by atoms with Crippen molar-refractivity contribution in [3.05, 3.63) is 28.0 Å². The van der Waals surface area contributed by atoms with Gasteiger partial charge in [-0.05, 0) is 96.3 Å². The monoisotopic (exact) mass is 337 g/mol. The molecule has 1 aromatic carbocycles. The second-order valence-corrected chi connectivity index (χ2v) is 8.04. The highest BCUT2D eigenvalue weighted by Gasteiger charge is 2.48. The Morgan fingerprint density at radius 1 is 1.05 bits per heavy atom. The Morgan fingerprint density at radius 2 is 1.65 bits per heavy atom. The molecule has 0 aliphatic heterocycles. The number of halogens is 2. The van der Waals surface area contributed by atoms with Crippen LogP contribution in [0.25, 0.3) is 0 Å². The van der Waals surface area contributed by atoms with Gasteiger partial charge in [0.2, 0.25) is 0 Å². The molecule has 1 N–H and O–H groups in total. The number of hydrogen-bond acceptors (Lipinski definition) is 1. The van der Waals surface area contributed by atoms with Crippen molar-refractivity contribution < 1.29 is 4.39 Å². The highest BCUT2D eigenvalue weighted by molar-refractivity contribution is 9.10. The van der Waals surface area contributed by atoms with E-state index in [1.54, 1.807) is 6.07 Å². The highest BCUT2D eigenvalue weighted by atomic mass is 79.9. The number of nitrogens with one attached hydrogen (secondary N) is 1. The van der Waals surface area contributed by atoms with E-state index in [-0.39, 0.29) is 5.82 Å². The van der Waals surface area contributed by atoms with Crippen molar-refractivity contribution in [2.24, 2.45) is 23.7 Å². The molecule has 4 aliphatic carbocycles. The Balaban J connectivity index is 1.59. The Labute approximate surface area is 128 Å². The lowest BCUT2D eigenvalue weighted by atomic mass is 9.54. The zero-order chi connectivity index (χ0) is 13.9. The van der Waals surface area contributed by atoms with E-state index >= 15 is 0 Å². The van der Waals surface area contributed by atoms with Crippen LogP contribution < -0.4 is 5.32 Å². The molecule has 0 heterocycles. The molecular formula is C17H21BrFN. The van der Waals surface area contributed by atoms with Crippen molar-refractivity contribution in [3.8, 4) is 0 Å². The third kappa shape index (κ3) is 2.09. The van der Waals surface area contributed by atoms with Gasteiger partial charge < -0.3 is 5.32 Å². The van der Waals surface area contributed by atoms with Crippen molar-refractivity contribution >= 4 is 21.6 Å². The van der Waals surface area contributed by atoms with Gasteiger partial charge in [0.1, 0.15) is 5.82 Å². The first-order valence-corrected chi connectivity index (χ1v) is 8.61. The van der Waals surface area contributed by atoms with E-state index in [2.05, 4.69) is 21.2 Å². The van der Waals surface area contributed by atoms with Crippen molar-refractivity contribution in [1.82, 2.24) is 0 Å². The number of aryl methyl sites for hydroxylation is 1. The van der Waals surface area contributed by atoms with Gasteiger partial charge in [-0.3, -0.25) is 0 Å². The van der Waals surface area contributed by atoms with E-state index in [0.717, 1.165) is 34.9 Å². The number of anilines is 1. The SMILES string of the molecule is Cc1cc(F)c(Br)cc1NC1C2CC3CC(C2)CC1C3. The Hall–Kier alpha value is -0.570. The first kappa shape index (κ1) is 13.1. The van der Waals surface area contributed by atoms with Crippen LogP contribution in [-0.2, 0) is 0 Å². The lowest BCUT2D eigenvalue weighted by molar-refractivity contribution is 0.00752. The molecule has 0 unspecified atom stereocenters. The first-order valence-electron chi connectivity index (χ1n) is 7.82. The van der Waals surface area contributed by atoms with Crippen LogP contribution in [0.2, 0.25) is 0 Å². The molecule has 5 rings (SSSR count). The fourth-order valence-corrected chi connectivity index (χ4v) is 5.49. The number of hydrogen-bond donors (Lipinski definition) is 1. The van der Waals surface area contributed by atoms with E-state index in [4.69, 9.17) is 0 Å². The van der Waals surface area contributed by atoms with Gasteiger partial charge in [-0.1, -0.05) is 0 Å². The van der Waals surface area contributed by atoms with Crippen LogP contribution in [0, 0.1) is 36.4 Å². The lowest BCUT2D eigenvalue weighted by Gasteiger charge is -2.54. The van der Waals surface area contributed by atoms with E-state index in [9.17, 15) is 4.39 Å². The summed E-state index contributed by atoms with van der Waals surface area (Å²) in [6, 6.07) is 4.15. The molecule has 20 heavy (non-hydrogen) atoms. The van der Waals surface area contributed by atoms with Crippen molar-refractivity contribution in [1.29, 1.82) is 0 Å². The third-order valence-corrected chi connectivity index (χ3v) is 6.42. The molecule has 0 aromatic heterocycles. The minimum Gasteiger partial charge on any atom is -0.382 e. The number of rotatable bonds is 2. The van der Waals surface area contributed by atoms with Gasteiger partial charge in [0, 0.05) is 11.7 Å². The maximum absolute atomic E-state index is 13.6. The van der Waals surface area contributed by atoms with Crippen LogP contribution in [0.15, 0.2) is 16.6 Å². The predicted octanol–water partition coefficient (Wildman–Crippen LogP) is 5.13.